The lowest BCUT2D eigenvalue weighted by atomic mass is 9.94. The number of ether oxygens (including phenoxy) is 3. The fourth-order valence-corrected chi connectivity index (χ4v) is 4.53. The first-order valence-electron chi connectivity index (χ1n) is 11.0. The van der Waals surface area contributed by atoms with Crippen molar-refractivity contribution in [2.45, 2.75) is 38.5 Å². The number of hydrogen-bond acceptors (Lipinski definition) is 7. The molecule has 0 aliphatic carbocycles. The number of nitrogens with zero attached hydrogens (tertiary/aromatic N) is 3. The average molecular weight is 450 g/mol. The molecule has 0 N–H and O–H groups in total. The topological polar surface area (TPSA) is 111 Å². The van der Waals surface area contributed by atoms with Crippen molar-refractivity contribution in [1.29, 1.82) is 0 Å². The minimum absolute atomic E-state index is 0.0556. The summed E-state index contributed by atoms with van der Waals surface area (Å²) in [6, 6.07) is 1.32. The van der Waals surface area contributed by atoms with Crippen molar-refractivity contribution in [3.63, 3.8) is 0 Å². The minimum Gasteiger partial charge on any atom is -0.493 e. The molecule has 2 amide bonds. The highest BCUT2D eigenvalue weighted by Gasteiger charge is 2.36. The van der Waals surface area contributed by atoms with Crippen LogP contribution in [0, 0.1) is 16.0 Å². The summed E-state index contributed by atoms with van der Waals surface area (Å²) in [5.74, 6) is -0.377. The second-order valence-electron chi connectivity index (χ2n) is 8.10. The molecule has 2 aliphatic rings. The number of methoxy groups -OCH3 is 3. The zero-order valence-electron chi connectivity index (χ0n) is 18.9. The summed E-state index contributed by atoms with van der Waals surface area (Å²) >= 11 is 0. The third-order valence-electron chi connectivity index (χ3n) is 6.27. The largest absolute Gasteiger partial charge is 0.493 e. The maximum absolute atomic E-state index is 13.3. The smallest absolute Gasteiger partial charge is 0.327 e. The van der Waals surface area contributed by atoms with Crippen LogP contribution >= 0.6 is 0 Å². The number of carbonyl (C=O) groups is 2. The molecule has 1 aromatic carbocycles. The molecule has 0 radical (unpaired) electrons. The lowest BCUT2D eigenvalue weighted by Gasteiger charge is -2.34. The van der Waals surface area contributed by atoms with E-state index >= 15 is 0 Å². The number of benzene rings is 1. The van der Waals surface area contributed by atoms with Gasteiger partial charge in [0.1, 0.15) is 5.56 Å². The number of carbonyl (C=O) groups excluding carboxylic acids is 2. The average Bonchev–Trinajstić information content (AvgIpc) is 3.11. The fraction of sp³-hybridized carbons (Fsp3) is 0.636. The second-order valence-corrected chi connectivity index (χ2v) is 8.10. The maximum Gasteiger partial charge on any atom is 0.327 e. The summed E-state index contributed by atoms with van der Waals surface area (Å²) in [7, 11) is 4.01. The molecule has 0 unspecified atom stereocenters. The van der Waals surface area contributed by atoms with E-state index in [1.807, 2.05) is 4.90 Å². The summed E-state index contributed by atoms with van der Waals surface area (Å²) in [4.78, 5) is 40.9. The highest BCUT2D eigenvalue weighted by atomic mass is 16.6. The summed E-state index contributed by atoms with van der Waals surface area (Å²) < 4.78 is 15.7. The Hall–Kier alpha value is -3.04. The van der Waals surface area contributed by atoms with Gasteiger partial charge in [-0.05, 0) is 25.7 Å². The second kappa shape index (κ2) is 10.5. The van der Waals surface area contributed by atoms with E-state index in [0.717, 1.165) is 38.8 Å². The molecule has 2 fully saturated rings. The van der Waals surface area contributed by atoms with Gasteiger partial charge in [-0.15, -0.1) is 0 Å². The Morgan fingerprint density at radius 3 is 2.00 bits per heavy atom. The van der Waals surface area contributed by atoms with Gasteiger partial charge in [-0.1, -0.05) is 12.8 Å². The van der Waals surface area contributed by atoms with Gasteiger partial charge in [-0.3, -0.25) is 19.7 Å². The van der Waals surface area contributed by atoms with Crippen LogP contribution in [0.5, 0.6) is 17.2 Å². The number of piperidine rings is 1. The quantitative estimate of drug-likeness (QED) is 0.485. The molecule has 3 rings (SSSR count). The zero-order chi connectivity index (χ0) is 23.3. The van der Waals surface area contributed by atoms with Gasteiger partial charge in [0.2, 0.25) is 17.4 Å². The van der Waals surface area contributed by atoms with Crippen molar-refractivity contribution in [3.05, 3.63) is 21.7 Å². The Bertz CT molecular complexity index is 858. The summed E-state index contributed by atoms with van der Waals surface area (Å²) in [6.45, 7) is 2.32. The first-order chi connectivity index (χ1) is 15.4. The predicted molar refractivity (Wildman–Crippen MR) is 116 cm³/mol. The van der Waals surface area contributed by atoms with Gasteiger partial charge in [0.25, 0.3) is 5.91 Å². The number of nitro benzene ring substituents is 1. The van der Waals surface area contributed by atoms with Crippen LogP contribution in [0.3, 0.4) is 0 Å². The number of likely N-dealkylation sites (tertiary alicyclic amines) is 2. The van der Waals surface area contributed by atoms with Crippen molar-refractivity contribution >= 4 is 17.5 Å². The summed E-state index contributed by atoms with van der Waals surface area (Å²) in [5.41, 5.74) is -0.584. The van der Waals surface area contributed by atoms with Crippen LogP contribution in [0.1, 0.15) is 48.9 Å². The Morgan fingerprint density at radius 2 is 1.50 bits per heavy atom. The van der Waals surface area contributed by atoms with Crippen LogP contribution in [0.15, 0.2) is 6.07 Å². The number of hydrogen-bond donors (Lipinski definition) is 0. The lowest BCUT2D eigenvalue weighted by Crippen LogP contribution is -2.44. The molecule has 0 saturated carbocycles. The summed E-state index contributed by atoms with van der Waals surface area (Å²) in [5, 5.41) is 11.8. The molecule has 2 aliphatic heterocycles. The van der Waals surface area contributed by atoms with E-state index in [4.69, 9.17) is 14.2 Å². The third kappa shape index (κ3) is 4.73. The van der Waals surface area contributed by atoms with Crippen molar-refractivity contribution in [2.75, 3.05) is 47.5 Å². The molecule has 10 nitrogen and oxygen atoms in total. The van der Waals surface area contributed by atoms with E-state index in [2.05, 4.69) is 0 Å². The molecule has 0 spiro atoms. The normalized spacial score (nSPS) is 17.5. The molecule has 1 aromatic rings. The molecule has 0 bridgehead atoms. The van der Waals surface area contributed by atoms with E-state index in [-0.39, 0.29) is 34.6 Å². The van der Waals surface area contributed by atoms with Crippen LogP contribution in [-0.4, -0.2) is 74.0 Å². The van der Waals surface area contributed by atoms with Crippen molar-refractivity contribution in [1.82, 2.24) is 9.80 Å². The maximum atomic E-state index is 13.3. The minimum atomic E-state index is -0.649. The van der Waals surface area contributed by atoms with Gasteiger partial charge in [0.15, 0.2) is 5.75 Å². The summed E-state index contributed by atoms with van der Waals surface area (Å²) in [6.07, 6.45) is 5.47. The zero-order valence-corrected chi connectivity index (χ0v) is 18.9. The van der Waals surface area contributed by atoms with Gasteiger partial charge in [-0.2, -0.15) is 0 Å². The number of nitro groups is 1. The molecule has 2 heterocycles. The van der Waals surface area contributed by atoms with E-state index in [0.29, 0.717) is 25.9 Å². The first kappa shape index (κ1) is 23.6. The van der Waals surface area contributed by atoms with Crippen LogP contribution in [0.2, 0.25) is 0 Å². The van der Waals surface area contributed by atoms with Crippen molar-refractivity contribution in [3.8, 4) is 17.2 Å². The van der Waals surface area contributed by atoms with E-state index < -0.39 is 16.5 Å². The van der Waals surface area contributed by atoms with Crippen LogP contribution < -0.4 is 14.2 Å². The Balaban J connectivity index is 1.78. The molecule has 176 valence electrons. The van der Waals surface area contributed by atoms with Gasteiger partial charge < -0.3 is 24.0 Å². The van der Waals surface area contributed by atoms with Crippen molar-refractivity contribution < 1.29 is 28.7 Å². The predicted octanol–water partition coefficient (Wildman–Crippen LogP) is 2.88. The van der Waals surface area contributed by atoms with E-state index in [1.165, 1.54) is 27.4 Å². The number of amides is 2. The molecule has 10 heteroatoms. The first-order valence-corrected chi connectivity index (χ1v) is 11.0. The van der Waals surface area contributed by atoms with Gasteiger partial charge in [-0.25, -0.2) is 0 Å². The van der Waals surface area contributed by atoms with Crippen LogP contribution in [0.25, 0.3) is 0 Å². The highest BCUT2D eigenvalue weighted by Crippen LogP contribution is 2.46. The molecule has 2 saturated heterocycles. The molecular weight excluding hydrogens is 418 g/mol. The van der Waals surface area contributed by atoms with E-state index in [9.17, 15) is 19.7 Å². The van der Waals surface area contributed by atoms with E-state index in [1.54, 1.807) is 4.90 Å². The van der Waals surface area contributed by atoms with Gasteiger partial charge in [0.05, 0.1) is 26.3 Å². The van der Waals surface area contributed by atoms with Gasteiger partial charge in [0, 0.05) is 38.2 Å². The Kier molecular flexibility index (Phi) is 7.76. The van der Waals surface area contributed by atoms with Crippen LogP contribution in [-0.2, 0) is 4.79 Å². The lowest BCUT2D eigenvalue weighted by molar-refractivity contribution is -0.386. The highest BCUT2D eigenvalue weighted by molar-refractivity contribution is 6.00. The van der Waals surface area contributed by atoms with Crippen LogP contribution in [0.4, 0.5) is 5.69 Å². The van der Waals surface area contributed by atoms with Gasteiger partial charge >= 0.3 is 5.69 Å². The monoisotopic (exact) mass is 449 g/mol. The third-order valence-corrected chi connectivity index (χ3v) is 6.27. The standard InChI is InChI=1S/C22H31N3O7/c1-30-17-14-16(18(25(28)29)20(32-3)19(17)31-2)22(27)24-12-8-15(9-13-24)21(26)23-10-6-4-5-7-11-23/h14-15H,4-13H2,1-3H3. The Labute approximate surface area is 187 Å². The molecule has 32 heavy (non-hydrogen) atoms. The molecule has 0 aromatic heterocycles. The number of rotatable bonds is 6. The van der Waals surface area contributed by atoms with Crippen molar-refractivity contribution in [2.24, 2.45) is 5.92 Å². The fourth-order valence-electron chi connectivity index (χ4n) is 4.53. The SMILES string of the molecule is COc1cc(C(=O)N2CCC(C(=O)N3CCCCCC3)CC2)c([N+](=O)[O-])c(OC)c1OC. The Morgan fingerprint density at radius 1 is 0.906 bits per heavy atom. The molecule has 0 atom stereocenters. The molecular formula is C22H31N3O7.